The lowest BCUT2D eigenvalue weighted by Crippen LogP contribution is -2.57. The van der Waals surface area contributed by atoms with Crippen LogP contribution < -0.4 is 15.0 Å². The van der Waals surface area contributed by atoms with E-state index in [0.29, 0.717) is 23.1 Å². The number of aromatic nitrogens is 4. The first-order chi connectivity index (χ1) is 17.0. The molecule has 1 aromatic carbocycles. The van der Waals surface area contributed by atoms with E-state index in [4.69, 9.17) is 4.74 Å². The van der Waals surface area contributed by atoms with Crippen molar-refractivity contribution >= 4 is 5.82 Å². The second kappa shape index (κ2) is 8.67. The molecule has 2 aliphatic heterocycles. The third-order valence-corrected chi connectivity index (χ3v) is 7.27. The molecule has 1 saturated carbocycles. The summed E-state index contributed by atoms with van der Waals surface area (Å²) in [5.74, 6) is 0.168. The van der Waals surface area contributed by atoms with Crippen LogP contribution in [0.1, 0.15) is 32.1 Å². The van der Waals surface area contributed by atoms with E-state index in [-0.39, 0.29) is 40.9 Å². The Morgan fingerprint density at radius 2 is 1.91 bits per heavy atom. The minimum Gasteiger partial charge on any atom is -0.507 e. The highest BCUT2D eigenvalue weighted by atomic mass is 19.1. The number of methoxy groups -OCH3 is 1. The van der Waals surface area contributed by atoms with Crippen molar-refractivity contribution in [2.24, 2.45) is 0 Å². The zero-order chi connectivity index (χ0) is 24.1. The Morgan fingerprint density at radius 1 is 1.06 bits per heavy atom. The molecule has 182 valence electrons. The summed E-state index contributed by atoms with van der Waals surface area (Å²) in [5.41, 5.74) is 1.15. The van der Waals surface area contributed by atoms with Crippen molar-refractivity contribution in [1.29, 1.82) is 0 Å². The lowest BCUT2D eigenvalue weighted by molar-refractivity contribution is 0.171. The summed E-state index contributed by atoms with van der Waals surface area (Å²) >= 11 is 0. The van der Waals surface area contributed by atoms with E-state index in [2.05, 4.69) is 30.4 Å². The number of nitrogens with zero attached hydrogens (tertiary/aromatic N) is 5. The van der Waals surface area contributed by atoms with Crippen LogP contribution in [-0.4, -0.2) is 62.7 Å². The largest absolute Gasteiger partial charge is 0.507 e. The van der Waals surface area contributed by atoms with Gasteiger partial charge in [0.25, 0.3) is 0 Å². The Morgan fingerprint density at radius 3 is 2.66 bits per heavy atom. The van der Waals surface area contributed by atoms with E-state index in [1.807, 2.05) is 0 Å². The van der Waals surface area contributed by atoms with Crippen molar-refractivity contribution in [1.82, 2.24) is 25.5 Å². The number of hydrogen-bond donors (Lipinski definition) is 2. The molecular weight excluding hydrogens is 454 g/mol. The van der Waals surface area contributed by atoms with Crippen molar-refractivity contribution < 1.29 is 18.6 Å². The third-order valence-electron chi connectivity index (χ3n) is 7.27. The maximum atomic E-state index is 15.3. The highest BCUT2D eigenvalue weighted by molar-refractivity contribution is 5.74. The van der Waals surface area contributed by atoms with Crippen LogP contribution in [0, 0.1) is 5.82 Å². The van der Waals surface area contributed by atoms with Gasteiger partial charge in [-0.1, -0.05) is 0 Å². The number of ether oxygens (including phenoxy) is 1. The highest BCUT2D eigenvalue weighted by Gasteiger charge is 2.48. The van der Waals surface area contributed by atoms with E-state index < -0.39 is 12.0 Å². The summed E-state index contributed by atoms with van der Waals surface area (Å²) in [6.45, 7) is 0. The highest BCUT2D eigenvalue weighted by Crippen LogP contribution is 2.40. The first-order valence-electron chi connectivity index (χ1n) is 11.9. The Bertz CT molecular complexity index is 1240. The quantitative estimate of drug-likeness (QED) is 0.552. The Balaban J connectivity index is 1.28. The van der Waals surface area contributed by atoms with E-state index >= 15 is 8.78 Å². The van der Waals surface area contributed by atoms with E-state index in [1.165, 1.54) is 37.7 Å². The maximum Gasteiger partial charge on any atom is 0.233 e. The molecule has 10 heteroatoms. The van der Waals surface area contributed by atoms with Gasteiger partial charge >= 0.3 is 0 Å². The van der Waals surface area contributed by atoms with Crippen molar-refractivity contribution in [3.8, 4) is 34.0 Å². The number of hydrogen-bond acceptors (Lipinski definition) is 8. The number of aromatic hydroxyl groups is 1. The van der Waals surface area contributed by atoms with Crippen molar-refractivity contribution in [2.45, 2.75) is 62.4 Å². The van der Waals surface area contributed by atoms with Gasteiger partial charge in [-0.25, -0.2) is 13.8 Å². The minimum atomic E-state index is -0.956. The van der Waals surface area contributed by atoms with Crippen LogP contribution in [0.2, 0.25) is 0 Å². The van der Waals surface area contributed by atoms with Crippen LogP contribution in [0.3, 0.4) is 0 Å². The molecule has 6 rings (SSSR count). The van der Waals surface area contributed by atoms with Crippen molar-refractivity contribution in [2.75, 3.05) is 12.0 Å². The monoisotopic (exact) mass is 480 g/mol. The Labute approximate surface area is 201 Å². The van der Waals surface area contributed by atoms with Gasteiger partial charge in [-0.05, 0) is 44.2 Å². The number of phenols is 1. The number of nitrogens with one attached hydrogen (secondary N) is 1. The molecule has 4 atom stereocenters. The van der Waals surface area contributed by atoms with Crippen molar-refractivity contribution in [3.05, 3.63) is 42.6 Å². The smallest absolute Gasteiger partial charge is 0.233 e. The predicted octanol–water partition coefficient (Wildman–Crippen LogP) is 3.65. The first-order valence-corrected chi connectivity index (χ1v) is 11.9. The van der Waals surface area contributed by atoms with Gasteiger partial charge < -0.3 is 20.1 Å². The molecule has 3 aliphatic rings. The van der Waals surface area contributed by atoms with Gasteiger partial charge in [0.15, 0.2) is 0 Å². The van der Waals surface area contributed by atoms with Crippen LogP contribution in [0.15, 0.2) is 36.8 Å². The summed E-state index contributed by atoms with van der Waals surface area (Å²) in [6.07, 6.45) is 8.21. The summed E-state index contributed by atoms with van der Waals surface area (Å²) in [5, 5.41) is 21.6. The Hall–Kier alpha value is -3.40. The lowest BCUT2D eigenvalue weighted by Gasteiger charge is -2.41. The van der Waals surface area contributed by atoms with Gasteiger partial charge in [-0.2, -0.15) is 5.10 Å². The SMILES string of the molecule is COc1cc(-c2cc(O)c(-c3cnc(N(C4CC4)[C@@H]4CC5CCC(N5)[C@@H]4F)cn3)cc2F)cnn1. The second-order valence-corrected chi connectivity index (χ2v) is 9.53. The van der Waals surface area contributed by atoms with E-state index in [0.717, 1.165) is 32.1 Å². The number of fused-ring (bicyclic) bond motifs is 2. The topological polar surface area (TPSA) is 96.3 Å². The van der Waals surface area contributed by atoms with Crippen LogP contribution in [0.5, 0.6) is 11.6 Å². The average Bonchev–Trinajstić information content (AvgIpc) is 3.63. The zero-order valence-corrected chi connectivity index (χ0v) is 19.2. The maximum absolute atomic E-state index is 15.3. The molecule has 0 radical (unpaired) electrons. The van der Waals surface area contributed by atoms with Crippen LogP contribution in [-0.2, 0) is 0 Å². The number of anilines is 1. The number of rotatable bonds is 6. The van der Waals surface area contributed by atoms with Gasteiger partial charge in [-0.15, -0.1) is 5.10 Å². The Kier molecular flexibility index (Phi) is 5.47. The third kappa shape index (κ3) is 4.05. The number of benzene rings is 1. The fraction of sp³-hybridized carbons (Fsp3) is 0.440. The standard InChI is InChI=1S/C25H26F2N6O2/c1-35-24-6-13(10-30-32-24)16-9-22(34)17(8-18(16)26)20-11-29-23(12-28-20)33(15-3-4-15)21-7-14-2-5-19(31-14)25(21)27/h6,8-12,14-15,19,21,25,31,34H,2-5,7H2,1H3/t14?,19?,21-,25+/m1/s1. The molecule has 1 aliphatic carbocycles. The summed E-state index contributed by atoms with van der Waals surface area (Å²) in [6, 6.07) is 4.38. The molecule has 0 spiro atoms. The summed E-state index contributed by atoms with van der Waals surface area (Å²) in [4.78, 5) is 11.2. The normalized spacial score (nSPS) is 25.5. The second-order valence-electron chi connectivity index (χ2n) is 9.53. The van der Waals surface area contributed by atoms with Crippen LogP contribution in [0.25, 0.3) is 22.4 Å². The molecule has 3 fully saturated rings. The van der Waals surface area contributed by atoms with Gasteiger partial charge in [-0.3, -0.25) is 4.98 Å². The summed E-state index contributed by atoms with van der Waals surface area (Å²) < 4.78 is 35.4. The minimum absolute atomic E-state index is 0.0961. The predicted molar refractivity (Wildman–Crippen MR) is 125 cm³/mol. The molecular formula is C25H26F2N6O2. The average molecular weight is 481 g/mol. The number of phenolic OH excluding ortho intramolecular Hbond substituents is 1. The van der Waals surface area contributed by atoms with Gasteiger partial charge in [0, 0.05) is 40.9 Å². The number of piperidine rings is 1. The first kappa shape index (κ1) is 22.1. The van der Waals surface area contributed by atoms with Gasteiger partial charge in [0.05, 0.1) is 37.4 Å². The fourth-order valence-electron chi connectivity index (χ4n) is 5.40. The number of alkyl halides is 1. The lowest BCUT2D eigenvalue weighted by atomic mass is 9.96. The van der Waals surface area contributed by atoms with Gasteiger partial charge in [0.2, 0.25) is 5.88 Å². The van der Waals surface area contributed by atoms with Crippen molar-refractivity contribution in [3.63, 3.8) is 0 Å². The molecule has 3 aromatic rings. The van der Waals surface area contributed by atoms with E-state index in [1.54, 1.807) is 6.20 Å². The summed E-state index contributed by atoms with van der Waals surface area (Å²) in [7, 11) is 1.45. The molecule has 35 heavy (non-hydrogen) atoms. The number of halogens is 2. The molecule has 4 heterocycles. The van der Waals surface area contributed by atoms with Crippen LogP contribution >= 0.6 is 0 Å². The molecule has 2 saturated heterocycles. The van der Waals surface area contributed by atoms with Gasteiger partial charge in [0.1, 0.15) is 23.6 Å². The molecule has 2 bridgehead atoms. The molecule has 2 N–H and O–H groups in total. The fourth-order valence-corrected chi connectivity index (χ4v) is 5.40. The zero-order valence-electron chi connectivity index (χ0n) is 19.2. The molecule has 2 unspecified atom stereocenters. The van der Waals surface area contributed by atoms with Crippen LogP contribution in [0.4, 0.5) is 14.6 Å². The molecule has 8 nitrogen and oxygen atoms in total. The van der Waals surface area contributed by atoms with E-state index in [9.17, 15) is 5.11 Å². The molecule has 2 aromatic heterocycles. The molecule has 0 amide bonds.